The van der Waals surface area contributed by atoms with Gasteiger partial charge in [-0.25, -0.2) is 0 Å². The van der Waals surface area contributed by atoms with Gasteiger partial charge in [-0.2, -0.15) is 0 Å². The number of carbonyl (C=O) groups is 1. The maximum Gasteiger partial charge on any atom is 0.315 e. The lowest BCUT2D eigenvalue weighted by atomic mass is 10.1. The van der Waals surface area contributed by atoms with Gasteiger partial charge in [0.1, 0.15) is 0 Å². The molecule has 1 saturated heterocycles. The number of aliphatic imine (C=N–C) groups is 1. The number of methoxy groups -OCH3 is 1. The summed E-state index contributed by atoms with van der Waals surface area (Å²) >= 11 is 1.21. The first-order valence-electron chi connectivity index (χ1n) is 7.82. The summed E-state index contributed by atoms with van der Waals surface area (Å²) in [6.45, 7) is 0. The van der Waals surface area contributed by atoms with E-state index in [1.54, 1.807) is 0 Å². The van der Waals surface area contributed by atoms with Crippen molar-refractivity contribution >= 4 is 34.6 Å². The van der Waals surface area contributed by atoms with Crippen molar-refractivity contribution in [1.82, 2.24) is 5.32 Å². The van der Waals surface area contributed by atoms with Gasteiger partial charge < -0.3 is 15.2 Å². The Labute approximate surface area is 148 Å². The molecule has 1 heterocycles. The molecule has 2 fully saturated rings. The summed E-state index contributed by atoms with van der Waals surface area (Å²) in [7, 11) is 1.30. The van der Waals surface area contributed by atoms with Gasteiger partial charge in [0, 0.05) is 6.07 Å². The van der Waals surface area contributed by atoms with Crippen LogP contribution >= 0.6 is 11.8 Å². The smallest absolute Gasteiger partial charge is 0.315 e. The SMILES string of the molecule is COc1cc(C=C2SC(=NC3CCCC3)NC2=O)cc([N+](=O)[O-])c1O. The highest BCUT2D eigenvalue weighted by Crippen LogP contribution is 2.38. The number of nitro benzene ring substituents is 1. The zero-order chi connectivity index (χ0) is 18.0. The molecule has 2 N–H and O–H groups in total. The first-order valence-corrected chi connectivity index (χ1v) is 8.63. The molecular formula is C16H17N3O5S. The minimum atomic E-state index is -0.700. The van der Waals surface area contributed by atoms with E-state index >= 15 is 0 Å². The molecule has 1 aliphatic carbocycles. The normalized spacial score (nSPS) is 21.1. The van der Waals surface area contributed by atoms with Crippen molar-refractivity contribution in [3.63, 3.8) is 0 Å². The Morgan fingerprint density at radius 2 is 2.16 bits per heavy atom. The van der Waals surface area contributed by atoms with E-state index < -0.39 is 16.4 Å². The van der Waals surface area contributed by atoms with Gasteiger partial charge in [-0.05, 0) is 42.3 Å². The Kier molecular flexibility index (Phi) is 4.93. The van der Waals surface area contributed by atoms with Crippen molar-refractivity contribution < 1.29 is 19.6 Å². The van der Waals surface area contributed by atoms with E-state index in [1.807, 2.05) is 0 Å². The number of phenolic OH excluding ortho intramolecular Hbond substituents is 1. The molecule has 0 radical (unpaired) electrons. The van der Waals surface area contributed by atoms with Gasteiger partial charge in [0.2, 0.25) is 5.75 Å². The molecule has 1 aromatic rings. The number of nitrogens with zero attached hydrogens (tertiary/aromatic N) is 2. The predicted octanol–water partition coefficient (Wildman–Crippen LogP) is 2.81. The van der Waals surface area contributed by atoms with Crippen molar-refractivity contribution in [2.24, 2.45) is 4.99 Å². The van der Waals surface area contributed by atoms with Crippen molar-refractivity contribution in [2.45, 2.75) is 31.7 Å². The highest BCUT2D eigenvalue weighted by molar-refractivity contribution is 8.18. The molecule has 25 heavy (non-hydrogen) atoms. The Morgan fingerprint density at radius 3 is 2.80 bits per heavy atom. The predicted molar refractivity (Wildman–Crippen MR) is 94.7 cm³/mol. The summed E-state index contributed by atoms with van der Waals surface area (Å²) in [4.78, 5) is 27.4. The molecule has 1 amide bonds. The van der Waals surface area contributed by atoms with Crippen molar-refractivity contribution in [3.8, 4) is 11.5 Å². The quantitative estimate of drug-likeness (QED) is 0.483. The van der Waals surface area contributed by atoms with Gasteiger partial charge in [-0.15, -0.1) is 0 Å². The van der Waals surface area contributed by atoms with Gasteiger partial charge in [0.05, 0.1) is 23.0 Å². The van der Waals surface area contributed by atoms with E-state index in [1.165, 1.54) is 37.1 Å². The second-order valence-electron chi connectivity index (χ2n) is 5.79. The van der Waals surface area contributed by atoms with Gasteiger partial charge >= 0.3 is 5.69 Å². The van der Waals surface area contributed by atoms with Crippen molar-refractivity contribution in [3.05, 3.63) is 32.7 Å². The molecule has 0 unspecified atom stereocenters. The first-order chi connectivity index (χ1) is 12.0. The number of hydrogen-bond acceptors (Lipinski definition) is 7. The average molecular weight is 363 g/mol. The molecule has 0 aromatic heterocycles. The van der Waals surface area contributed by atoms with Crippen LogP contribution in [0, 0.1) is 10.1 Å². The topological polar surface area (TPSA) is 114 Å². The van der Waals surface area contributed by atoms with Crippen LogP contribution in [0.15, 0.2) is 22.0 Å². The lowest BCUT2D eigenvalue weighted by molar-refractivity contribution is -0.386. The first kappa shape index (κ1) is 17.3. The standard InChI is InChI=1S/C16H17N3O5S/c1-24-12-7-9(6-11(14(12)20)19(22)23)8-13-15(21)18-16(25-13)17-10-4-2-3-5-10/h6-8,10,20H,2-5H2,1H3,(H,17,18,21). The fourth-order valence-electron chi connectivity index (χ4n) is 2.83. The van der Waals surface area contributed by atoms with E-state index in [2.05, 4.69) is 10.3 Å². The van der Waals surface area contributed by atoms with E-state index in [4.69, 9.17) is 4.74 Å². The molecule has 1 aromatic carbocycles. The van der Waals surface area contributed by atoms with Crippen molar-refractivity contribution in [1.29, 1.82) is 0 Å². The summed E-state index contributed by atoms with van der Waals surface area (Å²) in [5, 5.41) is 24.1. The van der Waals surface area contributed by atoms with Crippen LogP contribution in [0.4, 0.5) is 5.69 Å². The number of aromatic hydroxyl groups is 1. The van der Waals surface area contributed by atoms with E-state index in [0.29, 0.717) is 15.6 Å². The molecule has 3 rings (SSSR count). The Hall–Kier alpha value is -2.55. The molecule has 2 aliphatic rings. The fourth-order valence-corrected chi connectivity index (χ4v) is 3.72. The minimum absolute atomic E-state index is 0.0238. The zero-order valence-corrected chi connectivity index (χ0v) is 14.3. The number of rotatable bonds is 4. The van der Waals surface area contributed by atoms with Gasteiger partial charge in [0.25, 0.3) is 5.91 Å². The number of amidine groups is 1. The number of carbonyl (C=O) groups excluding carboxylic acids is 1. The van der Waals surface area contributed by atoms with Crippen molar-refractivity contribution in [2.75, 3.05) is 7.11 Å². The van der Waals surface area contributed by atoms with Crippen LogP contribution in [0.5, 0.6) is 11.5 Å². The third-order valence-electron chi connectivity index (χ3n) is 4.07. The summed E-state index contributed by atoms with van der Waals surface area (Å²) in [5.74, 6) is -0.859. The van der Waals surface area contributed by atoms with Crippen LogP contribution in [0.3, 0.4) is 0 Å². The largest absolute Gasteiger partial charge is 0.500 e. The highest BCUT2D eigenvalue weighted by atomic mass is 32.2. The summed E-state index contributed by atoms with van der Waals surface area (Å²) in [6, 6.07) is 2.89. The molecular weight excluding hydrogens is 346 g/mol. The van der Waals surface area contributed by atoms with Gasteiger partial charge in [-0.3, -0.25) is 19.9 Å². The Balaban J connectivity index is 1.88. The molecule has 132 valence electrons. The molecule has 0 spiro atoms. The summed E-state index contributed by atoms with van der Waals surface area (Å²) < 4.78 is 4.96. The molecule has 0 atom stereocenters. The number of phenols is 1. The van der Waals surface area contributed by atoms with Crippen LogP contribution in [-0.2, 0) is 4.79 Å². The molecule has 1 aliphatic heterocycles. The summed E-state index contributed by atoms with van der Waals surface area (Å²) in [6.07, 6.45) is 5.88. The molecule has 1 saturated carbocycles. The second kappa shape index (κ2) is 7.14. The second-order valence-corrected chi connectivity index (χ2v) is 6.82. The number of nitrogens with one attached hydrogen (secondary N) is 1. The maximum absolute atomic E-state index is 12.1. The lowest BCUT2D eigenvalue weighted by Gasteiger charge is -2.05. The average Bonchev–Trinajstić information content (AvgIpc) is 3.19. The third-order valence-corrected chi connectivity index (χ3v) is 4.99. The zero-order valence-electron chi connectivity index (χ0n) is 13.5. The number of hydrogen-bond donors (Lipinski definition) is 2. The van der Waals surface area contributed by atoms with E-state index in [9.17, 15) is 20.0 Å². The number of nitro groups is 1. The fraction of sp³-hybridized carbons (Fsp3) is 0.375. The number of benzene rings is 1. The van der Waals surface area contributed by atoms with E-state index in [0.717, 1.165) is 25.7 Å². The van der Waals surface area contributed by atoms with E-state index in [-0.39, 0.29) is 17.7 Å². The maximum atomic E-state index is 12.1. The number of thioether (sulfide) groups is 1. The van der Waals surface area contributed by atoms with Crippen LogP contribution in [-0.4, -0.2) is 34.3 Å². The third kappa shape index (κ3) is 3.76. The van der Waals surface area contributed by atoms with Crippen LogP contribution < -0.4 is 10.1 Å². The van der Waals surface area contributed by atoms with Crippen LogP contribution in [0.1, 0.15) is 31.2 Å². The number of ether oxygens (including phenoxy) is 1. The van der Waals surface area contributed by atoms with Gasteiger partial charge in [0.15, 0.2) is 10.9 Å². The van der Waals surface area contributed by atoms with Crippen LogP contribution in [0.2, 0.25) is 0 Å². The number of amides is 1. The van der Waals surface area contributed by atoms with Crippen LogP contribution in [0.25, 0.3) is 6.08 Å². The molecule has 9 heteroatoms. The lowest BCUT2D eigenvalue weighted by Crippen LogP contribution is -2.21. The summed E-state index contributed by atoms with van der Waals surface area (Å²) in [5.41, 5.74) is -0.0874. The highest BCUT2D eigenvalue weighted by Gasteiger charge is 2.26. The van der Waals surface area contributed by atoms with Gasteiger partial charge in [-0.1, -0.05) is 12.8 Å². The molecule has 8 nitrogen and oxygen atoms in total. The monoisotopic (exact) mass is 363 g/mol. The minimum Gasteiger partial charge on any atom is -0.500 e. The molecule has 0 bridgehead atoms. The Morgan fingerprint density at radius 1 is 1.44 bits per heavy atom. The Bertz CT molecular complexity index is 784.